The largest absolute Gasteiger partial charge is 0.393 e. The van der Waals surface area contributed by atoms with Crippen LogP contribution in [0, 0.1) is 0 Å². The van der Waals surface area contributed by atoms with Gasteiger partial charge in [0.25, 0.3) is 0 Å². The summed E-state index contributed by atoms with van der Waals surface area (Å²) in [6.07, 6.45) is 3.87. The molecule has 2 rings (SSSR count). The fourth-order valence-electron chi connectivity index (χ4n) is 2.12. The molecule has 4 heteroatoms. The van der Waals surface area contributed by atoms with E-state index in [9.17, 15) is 5.11 Å². The highest BCUT2D eigenvalue weighted by atomic mass is 32.1. The number of aliphatic hydroxyl groups excluding tert-OH is 1. The van der Waals surface area contributed by atoms with Crippen molar-refractivity contribution < 1.29 is 9.84 Å². The SMILES string of the molecule is CC(C)(C)c1csc(COC2CCC(O)CC2)n1. The van der Waals surface area contributed by atoms with Crippen LogP contribution in [0.25, 0.3) is 0 Å². The Labute approximate surface area is 113 Å². The molecule has 1 aliphatic carbocycles. The van der Waals surface area contributed by atoms with Crippen molar-refractivity contribution in [2.75, 3.05) is 0 Å². The molecule has 0 aliphatic heterocycles. The van der Waals surface area contributed by atoms with Gasteiger partial charge >= 0.3 is 0 Å². The lowest BCUT2D eigenvalue weighted by Crippen LogP contribution is -2.24. The van der Waals surface area contributed by atoms with Gasteiger partial charge in [-0.15, -0.1) is 11.3 Å². The first-order chi connectivity index (χ1) is 8.45. The van der Waals surface area contributed by atoms with E-state index in [-0.39, 0.29) is 11.5 Å². The maximum absolute atomic E-state index is 9.44. The topological polar surface area (TPSA) is 42.4 Å². The third kappa shape index (κ3) is 3.77. The van der Waals surface area contributed by atoms with Gasteiger partial charge in [-0.05, 0) is 25.7 Å². The predicted molar refractivity (Wildman–Crippen MR) is 73.9 cm³/mol. The summed E-state index contributed by atoms with van der Waals surface area (Å²) in [6, 6.07) is 0. The van der Waals surface area contributed by atoms with Crippen molar-refractivity contribution in [1.29, 1.82) is 0 Å². The van der Waals surface area contributed by atoms with Gasteiger partial charge in [0.15, 0.2) is 0 Å². The van der Waals surface area contributed by atoms with Crippen molar-refractivity contribution in [3.8, 4) is 0 Å². The van der Waals surface area contributed by atoms with Gasteiger partial charge in [0.05, 0.1) is 24.5 Å². The van der Waals surface area contributed by atoms with E-state index in [1.54, 1.807) is 11.3 Å². The van der Waals surface area contributed by atoms with Crippen LogP contribution in [-0.4, -0.2) is 22.3 Å². The second-order valence-corrected chi connectivity index (χ2v) is 7.06. The molecule has 18 heavy (non-hydrogen) atoms. The highest BCUT2D eigenvalue weighted by molar-refractivity contribution is 7.09. The quantitative estimate of drug-likeness (QED) is 0.916. The second kappa shape index (κ2) is 5.68. The zero-order valence-electron chi connectivity index (χ0n) is 11.5. The van der Waals surface area contributed by atoms with E-state index in [0.29, 0.717) is 12.7 Å². The molecule has 1 saturated carbocycles. The van der Waals surface area contributed by atoms with Crippen LogP contribution >= 0.6 is 11.3 Å². The van der Waals surface area contributed by atoms with Crippen molar-refractivity contribution in [3.63, 3.8) is 0 Å². The molecule has 3 nitrogen and oxygen atoms in total. The summed E-state index contributed by atoms with van der Waals surface area (Å²) < 4.78 is 5.88. The number of aromatic nitrogens is 1. The molecule has 1 aliphatic rings. The average molecular weight is 269 g/mol. The molecule has 0 aromatic carbocycles. The molecule has 0 bridgehead atoms. The van der Waals surface area contributed by atoms with Crippen LogP contribution in [0.4, 0.5) is 0 Å². The highest BCUT2D eigenvalue weighted by Crippen LogP contribution is 2.26. The van der Waals surface area contributed by atoms with Gasteiger partial charge in [-0.25, -0.2) is 4.98 Å². The number of hydrogen-bond acceptors (Lipinski definition) is 4. The molecule has 1 aromatic rings. The Kier molecular flexibility index (Phi) is 4.41. The molecule has 0 amide bonds. The van der Waals surface area contributed by atoms with Crippen LogP contribution in [0.2, 0.25) is 0 Å². The lowest BCUT2D eigenvalue weighted by Gasteiger charge is -2.25. The molecule has 1 heterocycles. The molecule has 0 atom stereocenters. The van der Waals surface area contributed by atoms with E-state index in [4.69, 9.17) is 4.74 Å². The predicted octanol–water partition coefficient (Wildman–Crippen LogP) is 3.26. The molecule has 0 radical (unpaired) electrons. The van der Waals surface area contributed by atoms with Crippen LogP contribution in [0.15, 0.2) is 5.38 Å². The van der Waals surface area contributed by atoms with Gasteiger partial charge in [0, 0.05) is 10.8 Å². The Hall–Kier alpha value is -0.450. The van der Waals surface area contributed by atoms with Crippen molar-refractivity contribution in [1.82, 2.24) is 4.98 Å². The van der Waals surface area contributed by atoms with Crippen molar-refractivity contribution in [2.24, 2.45) is 0 Å². The number of hydrogen-bond donors (Lipinski definition) is 1. The molecule has 0 spiro atoms. The zero-order valence-corrected chi connectivity index (χ0v) is 12.3. The van der Waals surface area contributed by atoms with Crippen LogP contribution in [-0.2, 0) is 16.8 Å². The van der Waals surface area contributed by atoms with E-state index in [1.165, 1.54) is 0 Å². The smallest absolute Gasteiger partial charge is 0.119 e. The van der Waals surface area contributed by atoms with Crippen LogP contribution in [0.1, 0.15) is 57.2 Å². The molecule has 0 saturated heterocycles. The fourth-order valence-corrected chi connectivity index (χ4v) is 3.06. The normalized spacial score (nSPS) is 25.3. The van der Waals surface area contributed by atoms with Crippen LogP contribution in [0.5, 0.6) is 0 Å². The number of aliphatic hydroxyl groups is 1. The molecular formula is C14H23NO2S. The third-order valence-electron chi connectivity index (χ3n) is 3.41. The Bertz CT molecular complexity index is 375. The first kappa shape index (κ1) is 14.0. The van der Waals surface area contributed by atoms with Gasteiger partial charge in [0.2, 0.25) is 0 Å². The third-order valence-corrected chi connectivity index (χ3v) is 4.23. The van der Waals surface area contributed by atoms with E-state index < -0.39 is 0 Å². The lowest BCUT2D eigenvalue weighted by atomic mass is 9.93. The highest BCUT2D eigenvalue weighted by Gasteiger charge is 2.21. The Morgan fingerprint density at radius 3 is 2.56 bits per heavy atom. The van der Waals surface area contributed by atoms with Crippen molar-refractivity contribution in [2.45, 2.75) is 70.7 Å². The zero-order chi connectivity index (χ0) is 13.2. The summed E-state index contributed by atoms with van der Waals surface area (Å²) in [7, 11) is 0. The van der Waals surface area contributed by atoms with Crippen LogP contribution < -0.4 is 0 Å². The van der Waals surface area contributed by atoms with Gasteiger partial charge < -0.3 is 9.84 Å². The Morgan fingerprint density at radius 1 is 1.33 bits per heavy atom. The minimum Gasteiger partial charge on any atom is -0.393 e. The summed E-state index contributed by atoms with van der Waals surface area (Å²) in [5.74, 6) is 0. The number of nitrogens with zero attached hydrogens (tertiary/aromatic N) is 1. The second-order valence-electron chi connectivity index (χ2n) is 6.12. The van der Waals surface area contributed by atoms with Gasteiger partial charge in [-0.2, -0.15) is 0 Å². The number of rotatable bonds is 3. The average Bonchev–Trinajstić information content (AvgIpc) is 2.77. The minimum atomic E-state index is -0.114. The first-order valence-corrected chi connectivity index (χ1v) is 7.57. The standard InChI is InChI=1S/C14H23NO2S/c1-14(2,3)12-9-18-13(15-12)8-17-11-6-4-10(16)5-7-11/h9-11,16H,4-8H2,1-3H3. The van der Waals surface area contributed by atoms with Crippen molar-refractivity contribution in [3.05, 3.63) is 16.1 Å². The van der Waals surface area contributed by atoms with E-state index in [0.717, 1.165) is 36.4 Å². The summed E-state index contributed by atoms with van der Waals surface area (Å²) in [6.45, 7) is 7.14. The minimum absolute atomic E-state index is 0.114. The molecule has 1 N–H and O–H groups in total. The fraction of sp³-hybridized carbons (Fsp3) is 0.786. The molecule has 1 aromatic heterocycles. The first-order valence-electron chi connectivity index (χ1n) is 6.69. The molecule has 0 unspecified atom stereocenters. The molecule has 102 valence electrons. The van der Waals surface area contributed by atoms with Crippen molar-refractivity contribution >= 4 is 11.3 Å². The van der Waals surface area contributed by atoms with Gasteiger partial charge in [0.1, 0.15) is 5.01 Å². The molecule has 1 fully saturated rings. The summed E-state index contributed by atoms with van der Waals surface area (Å²) in [5, 5.41) is 12.6. The maximum Gasteiger partial charge on any atom is 0.119 e. The summed E-state index contributed by atoms with van der Waals surface area (Å²) in [4.78, 5) is 4.62. The van der Waals surface area contributed by atoms with Gasteiger partial charge in [-0.3, -0.25) is 0 Å². The van der Waals surface area contributed by atoms with E-state index in [2.05, 4.69) is 31.1 Å². The summed E-state index contributed by atoms with van der Waals surface area (Å²) in [5.41, 5.74) is 1.26. The summed E-state index contributed by atoms with van der Waals surface area (Å²) >= 11 is 1.68. The monoisotopic (exact) mass is 269 g/mol. The maximum atomic E-state index is 9.44. The number of thiazole rings is 1. The van der Waals surface area contributed by atoms with Gasteiger partial charge in [-0.1, -0.05) is 20.8 Å². The lowest BCUT2D eigenvalue weighted by molar-refractivity contribution is -0.0119. The number of ether oxygens (including phenoxy) is 1. The Morgan fingerprint density at radius 2 is 2.00 bits per heavy atom. The van der Waals surface area contributed by atoms with Crippen LogP contribution in [0.3, 0.4) is 0 Å². The Balaban J connectivity index is 1.82. The van der Waals surface area contributed by atoms with E-state index in [1.807, 2.05) is 0 Å². The molecular weight excluding hydrogens is 246 g/mol. The van der Waals surface area contributed by atoms with E-state index >= 15 is 0 Å².